The number of rotatable bonds is 4. The van der Waals surface area contributed by atoms with Crippen LogP contribution in [0.2, 0.25) is 0 Å². The number of alkyl halides is 2. The van der Waals surface area contributed by atoms with E-state index >= 15 is 0 Å². The van der Waals surface area contributed by atoms with Gasteiger partial charge in [-0.2, -0.15) is 0 Å². The van der Waals surface area contributed by atoms with E-state index in [2.05, 4.69) is 20.8 Å². The molecule has 1 saturated heterocycles. The van der Waals surface area contributed by atoms with E-state index in [1.54, 1.807) is 0 Å². The molecular formula is C10H15ClF2N4OS. The third-order valence-electron chi connectivity index (χ3n) is 2.59. The number of nitrogens with one attached hydrogen (secondary N) is 2. The molecule has 0 bridgehead atoms. The fraction of sp³-hybridized carbons (Fsp3) is 0.700. The van der Waals surface area contributed by atoms with Crippen LogP contribution in [-0.2, 0) is 11.2 Å². The Bertz CT molecular complexity index is 443. The van der Waals surface area contributed by atoms with E-state index in [-0.39, 0.29) is 12.4 Å². The number of carbonyl (C=O) groups excluding carboxylic acids is 1. The number of aromatic nitrogens is 2. The minimum atomic E-state index is -2.81. The summed E-state index contributed by atoms with van der Waals surface area (Å²) < 4.78 is 25.9. The van der Waals surface area contributed by atoms with E-state index in [0.29, 0.717) is 5.13 Å². The first kappa shape index (κ1) is 16.2. The van der Waals surface area contributed by atoms with E-state index in [1.807, 2.05) is 6.92 Å². The molecule has 1 aliphatic rings. The van der Waals surface area contributed by atoms with Gasteiger partial charge in [-0.15, -0.1) is 22.6 Å². The zero-order chi connectivity index (χ0) is 13.2. The number of hydrogen-bond donors (Lipinski definition) is 2. The van der Waals surface area contributed by atoms with Gasteiger partial charge in [0.05, 0.1) is 12.6 Å². The SMILES string of the molecule is CCCc1nnc(NC(=O)C2CC(F)(F)CN2)s1.Cl. The average Bonchev–Trinajstić information content (AvgIpc) is 2.86. The van der Waals surface area contributed by atoms with E-state index in [1.165, 1.54) is 11.3 Å². The maximum atomic E-state index is 12.9. The first-order valence-corrected chi connectivity index (χ1v) is 6.56. The van der Waals surface area contributed by atoms with Gasteiger partial charge in [0.25, 0.3) is 5.92 Å². The summed E-state index contributed by atoms with van der Waals surface area (Å²) >= 11 is 1.28. The van der Waals surface area contributed by atoms with Crippen LogP contribution in [0.4, 0.5) is 13.9 Å². The van der Waals surface area contributed by atoms with Crippen molar-refractivity contribution in [2.45, 2.75) is 38.2 Å². The second kappa shape index (κ2) is 6.53. The van der Waals surface area contributed by atoms with Crippen LogP contribution in [0.1, 0.15) is 24.8 Å². The highest BCUT2D eigenvalue weighted by molar-refractivity contribution is 7.15. The number of carbonyl (C=O) groups is 1. The van der Waals surface area contributed by atoms with E-state index < -0.39 is 30.8 Å². The molecule has 5 nitrogen and oxygen atoms in total. The van der Waals surface area contributed by atoms with Crippen molar-refractivity contribution in [3.63, 3.8) is 0 Å². The predicted molar refractivity (Wildman–Crippen MR) is 71.1 cm³/mol. The fourth-order valence-electron chi connectivity index (χ4n) is 1.71. The lowest BCUT2D eigenvalue weighted by Gasteiger charge is -2.08. The van der Waals surface area contributed by atoms with Gasteiger partial charge in [-0.25, -0.2) is 8.78 Å². The zero-order valence-electron chi connectivity index (χ0n) is 10.3. The molecule has 0 spiro atoms. The Labute approximate surface area is 119 Å². The summed E-state index contributed by atoms with van der Waals surface area (Å²) in [6.45, 7) is 1.56. The highest BCUT2D eigenvalue weighted by Crippen LogP contribution is 2.26. The molecule has 0 saturated carbocycles. The van der Waals surface area contributed by atoms with Crippen molar-refractivity contribution in [2.75, 3.05) is 11.9 Å². The largest absolute Gasteiger partial charge is 0.300 e. The highest BCUT2D eigenvalue weighted by Gasteiger charge is 2.42. The van der Waals surface area contributed by atoms with Crippen LogP contribution < -0.4 is 10.6 Å². The molecule has 2 rings (SSSR count). The van der Waals surface area contributed by atoms with Crippen LogP contribution >= 0.6 is 23.7 Å². The van der Waals surface area contributed by atoms with Gasteiger partial charge in [0.15, 0.2) is 0 Å². The van der Waals surface area contributed by atoms with Gasteiger partial charge >= 0.3 is 0 Å². The Balaban J connectivity index is 0.00000180. The lowest BCUT2D eigenvalue weighted by atomic mass is 10.2. The molecule has 2 heterocycles. The third kappa shape index (κ3) is 4.32. The maximum Gasteiger partial charge on any atom is 0.262 e. The number of halogens is 3. The van der Waals surface area contributed by atoms with Crippen molar-refractivity contribution < 1.29 is 13.6 Å². The van der Waals surface area contributed by atoms with E-state index in [4.69, 9.17) is 0 Å². The molecule has 2 N–H and O–H groups in total. The van der Waals surface area contributed by atoms with Gasteiger partial charge in [0.1, 0.15) is 5.01 Å². The molecule has 1 fully saturated rings. The van der Waals surface area contributed by atoms with Gasteiger partial charge in [0.2, 0.25) is 11.0 Å². The molecule has 1 aromatic heterocycles. The Morgan fingerprint density at radius 1 is 1.58 bits per heavy atom. The standard InChI is InChI=1S/C10H14F2N4OS.ClH/c1-2-3-7-15-16-9(18-7)14-8(17)6-4-10(11,12)5-13-6;/h6,13H,2-5H2,1H3,(H,14,16,17);1H. The average molecular weight is 313 g/mol. The molecular weight excluding hydrogens is 298 g/mol. The Hall–Kier alpha value is -0.860. The Morgan fingerprint density at radius 2 is 2.32 bits per heavy atom. The lowest BCUT2D eigenvalue weighted by Crippen LogP contribution is -2.35. The molecule has 19 heavy (non-hydrogen) atoms. The zero-order valence-corrected chi connectivity index (χ0v) is 11.9. The first-order valence-electron chi connectivity index (χ1n) is 5.74. The number of amides is 1. The number of hydrogen-bond acceptors (Lipinski definition) is 5. The summed E-state index contributed by atoms with van der Waals surface area (Å²) in [5, 5.41) is 13.9. The van der Waals surface area contributed by atoms with Crippen molar-refractivity contribution in [1.29, 1.82) is 0 Å². The van der Waals surface area contributed by atoms with Crippen molar-refractivity contribution in [3.8, 4) is 0 Å². The smallest absolute Gasteiger partial charge is 0.262 e. The summed E-state index contributed by atoms with van der Waals surface area (Å²) in [5.74, 6) is -3.29. The normalized spacial score (nSPS) is 20.9. The number of aryl methyl sites for hydroxylation is 1. The van der Waals surface area contributed by atoms with Crippen molar-refractivity contribution >= 4 is 34.8 Å². The number of nitrogens with zero attached hydrogens (tertiary/aromatic N) is 2. The van der Waals surface area contributed by atoms with E-state index in [0.717, 1.165) is 17.8 Å². The molecule has 0 radical (unpaired) electrons. The van der Waals surface area contributed by atoms with Gasteiger partial charge in [0, 0.05) is 12.8 Å². The molecule has 1 unspecified atom stereocenters. The summed E-state index contributed by atoms with van der Waals surface area (Å²) in [6.07, 6.45) is 1.27. The van der Waals surface area contributed by atoms with Gasteiger partial charge in [-0.05, 0) is 6.42 Å². The Kier molecular flexibility index (Phi) is 5.57. The van der Waals surface area contributed by atoms with E-state index in [9.17, 15) is 13.6 Å². The quantitative estimate of drug-likeness (QED) is 0.890. The van der Waals surface area contributed by atoms with Gasteiger partial charge in [-0.1, -0.05) is 18.3 Å². The molecule has 1 amide bonds. The van der Waals surface area contributed by atoms with Crippen LogP contribution in [0.25, 0.3) is 0 Å². The second-order valence-corrected chi connectivity index (χ2v) is 5.30. The van der Waals surface area contributed by atoms with Gasteiger partial charge in [-0.3, -0.25) is 15.4 Å². The molecule has 9 heteroatoms. The van der Waals surface area contributed by atoms with Crippen LogP contribution in [-0.4, -0.2) is 34.6 Å². The van der Waals surface area contributed by atoms with Crippen molar-refractivity contribution in [2.24, 2.45) is 0 Å². The van der Waals surface area contributed by atoms with Crippen molar-refractivity contribution in [3.05, 3.63) is 5.01 Å². The summed E-state index contributed by atoms with van der Waals surface area (Å²) in [6, 6.07) is -0.862. The Morgan fingerprint density at radius 3 is 2.89 bits per heavy atom. The molecule has 1 aliphatic heterocycles. The summed E-state index contributed by atoms with van der Waals surface area (Å²) in [7, 11) is 0. The topological polar surface area (TPSA) is 66.9 Å². The highest BCUT2D eigenvalue weighted by atomic mass is 35.5. The number of anilines is 1. The lowest BCUT2D eigenvalue weighted by molar-refractivity contribution is -0.118. The van der Waals surface area contributed by atoms with Crippen molar-refractivity contribution in [1.82, 2.24) is 15.5 Å². The summed E-state index contributed by atoms with van der Waals surface area (Å²) in [4.78, 5) is 11.7. The first-order chi connectivity index (χ1) is 8.50. The minimum absolute atomic E-state index is 0. The predicted octanol–water partition coefficient (Wildman–Crippen LogP) is 1.85. The van der Waals surface area contributed by atoms with Crippen LogP contribution in [0.3, 0.4) is 0 Å². The minimum Gasteiger partial charge on any atom is -0.300 e. The monoisotopic (exact) mass is 312 g/mol. The molecule has 108 valence electrons. The molecule has 1 atom stereocenters. The fourth-order valence-corrected chi connectivity index (χ4v) is 2.56. The molecule has 1 aromatic rings. The van der Waals surface area contributed by atoms with Crippen LogP contribution in [0.15, 0.2) is 0 Å². The summed E-state index contributed by atoms with van der Waals surface area (Å²) in [5.41, 5.74) is 0. The van der Waals surface area contributed by atoms with Gasteiger partial charge < -0.3 is 0 Å². The second-order valence-electron chi connectivity index (χ2n) is 4.23. The molecule has 0 aliphatic carbocycles. The third-order valence-corrected chi connectivity index (χ3v) is 3.49. The maximum absolute atomic E-state index is 12.9. The molecule has 0 aromatic carbocycles. The van der Waals surface area contributed by atoms with Crippen LogP contribution in [0, 0.1) is 0 Å². The van der Waals surface area contributed by atoms with Crippen LogP contribution in [0.5, 0.6) is 0 Å².